The standard InChI is InChI=1S/C20H29N5O.HI/c1-15-6-5-7-19(10-15)26-16(2)11-22-20(21-3)25-9-8-17(14-25)18-12-23-24(4)13-18;/h5-7,10,12-13,16-17H,8-9,11,14H2,1-4H3,(H,21,22);1H. The van der Waals surface area contributed by atoms with E-state index in [1.807, 2.05) is 37.1 Å². The number of aromatic nitrogens is 2. The molecule has 148 valence electrons. The maximum absolute atomic E-state index is 6.00. The van der Waals surface area contributed by atoms with Crippen LogP contribution in [0, 0.1) is 6.92 Å². The van der Waals surface area contributed by atoms with Crippen LogP contribution in [0.2, 0.25) is 0 Å². The first-order valence-electron chi connectivity index (χ1n) is 9.22. The maximum atomic E-state index is 6.00. The molecule has 2 aromatic rings. The van der Waals surface area contributed by atoms with Gasteiger partial charge in [0.25, 0.3) is 0 Å². The number of likely N-dealkylation sites (tertiary alicyclic amines) is 1. The second kappa shape index (κ2) is 9.96. The topological polar surface area (TPSA) is 54.7 Å². The van der Waals surface area contributed by atoms with Gasteiger partial charge in [-0.1, -0.05) is 12.1 Å². The first kappa shape index (κ1) is 21.5. The molecule has 0 radical (unpaired) electrons. The monoisotopic (exact) mass is 483 g/mol. The third-order valence-corrected chi connectivity index (χ3v) is 4.77. The fourth-order valence-corrected chi connectivity index (χ4v) is 3.41. The van der Waals surface area contributed by atoms with Crippen molar-refractivity contribution in [3.63, 3.8) is 0 Å². The molecule has 2 heterocycles. The second-order valence-electron chi connectivity index (χ2n) is 7.05. The Bertz CT molecular complexity index is 760. The van der Waals surface area contributed by atoms with E-state index in [1.54, 1.807) is 0 Å². The van der Waals surface area contributed by atoms with Crippen LogP contribution >= 0.6 is 24.0 Å². The first-order chi connectivity index (χ1) is 12.5. The Morgan fingerprint density at radius 1 is 1.44 bits per heavy atom. The number of ether oxygens (including phenoxy) is 1. The van der Waals surface area contributed by atoms with Crippen LogP contribution < -0.4 is 10.1 Å². The Morgan fingerprint density at radius 2 is 2.26 bits per heavy atom. The van der Waals surface area contributed by atoms with Crippen molar-refractivity contribution in [2.45, 2.75) is 32.3 Å². The van der Waals surface area contributed by atoms with Gasteiger partial charge in [0.15, 0.2) is 5.96 Å². The Kier molecular flexibility index (Phi) is 7.94. The predicted octanol–water partition coefficient (Wildman–Crippen LogP) is 3.18. The number of aliphatic imine (C=N–C) groups is 1. The summed E-state index contributed by atoms with van der Waals surface area (Å²) in [6.07, 6.45) is 5.27. The molecule has 27 heavy (non-hydrogen) atoms. The summed E-state index contributed by atoms with van der Waals surface area (Å²) in [6, 6.07) is 8.15. The highest BCUT2D eigenvalue weighted by atomic mass is 127. The third kappa shape index (κ3) is 5.85. The summed E-state index contributed by atoms with van der Waals surface area (Å²) in [5, 5.41) is 7.75. The lowest BCUT2D eigenvalue weighted by Gasteiger charge is -2.23. The van der Waals surface area contributed by atoms with Crippen LogP contribution in [0.1, 0.15) is 30.4 Å². The molecule has 6 nitrogen and oxygen atoms in total. The molecule has 1 fully saturated rings. The number of halogens is 1. The molecule has 1 aliphatic rings. The zero-order chi connectivity index (χ0) is 18.5. The van der Waals surface area contributed by atoms with E-state index < -0.39 is 0 Å². The molecule has 1 saturated heterocycles. The van der Waals surface area contributed by atoms with Crippen LogP contribution in [0.25, 0.3) is 0 Å². The largest absolute Gasteiger partial charge is 0.489 e. The van der Waals surface area contributed by atoms with Crippen molar-refractivity contribution < 1.29 is 4.74 Å². The van der Waals surface area contributed by atoms with Gasteiger partial charge in [0.05, 0.1) is 12.7 Å². The van der Waals surface area contributed by atoms with Gasteiger partial charge in [0, 0.05) is 39.3 Å². The molecule has 0 bridgehead atoms. The van der Waals surface area contributed by atoms with Crippen molar-refractivity contribution in [2.24, 2.45) is 12.0 Å². The Morgan fingerprint density at radius 3 is 2.93 bits per heavy atom. The van der Waals surface area contributed by atoms with Gasteiger partial charge in [0.2, 0.25) is 0 Å². The molecule has 0 spiro atoms. The van der Waals surface area contributed by atoms with Gasteiger partial charge in [-0.15, -0.1) is 24.0 Å². The van der Waals surface area contributed by atoms with E-state index in [0.29, 0.717) is 12.5 Å². The molecule has 0 aliphatic carbocycles. The Balaban J connectivity index is 0.00000261. The molecule has 2 atom stereocenters. The van der Waals surface area contributed by atoms with E-state index in [1.165, 1.54) is 11.1 Å². The fourth-order valence-electron chi connectivity index (χ4n) is 3.41. The van der Waals surface area contributed by atoms with E-state index in [2.05, 4.69) is 52.5 Å². The highest BCUT2D eigenvalue weighted by Crippen LogP contribution is 2.26. The van der Waals surface area contributed by atoms with Gasteiger partial charge in [-0.25, -0.2) is 0 Å². The van der Waals surface area contributed by atoms with E-state index in [4.69, 9.17) is 4.74 Å². The van der Waals surface area contributed by atoms with Crippen LogP contribution in [-0.2, 0) is 7.05 Å². The van der Waals surface area contributed by atoms with Gasteiger partial charge >= 0.3 is 0 Å². The molecule has 1 aliphatic heterocycles. The summed E-state index contributed by atoms with van der Waals surface area (Å²) in [7, 11) is 3.80. The lowest BCUT2D eigenvalue weighted by molar-refractivity contribution is 0.222. The molecule has 7 heteroatoms. The SMILES string of the molecule is CN=C(NCC(C)Oc1cccc(C)c1)N1CCC(c2cnn(C)c2)C1.I. The quantitative estimate of drug-likeness (QED) is 0.404. The van der Waals surface area contributed by atoms with Crippen molar-refractivity contribution in [3.8, 4) is 5.75 Å². The number of benzene rings is 1. The van der Waals surface area contributed by atoms with Crippen molar-refractivity contribution >= 4 is 29.9 Å². The average molecular weight is 483 g/mol. The highest BCUT2D eigenvalue weighted by Gasteiger charge is 2.27. The lowest BCUT2D eigenvalue weighted by atomic mass is 10.0. The third-order valence-electron chi connectivity index (χ3n) is 4.77. The zero-order valence-electron chi connectivity index (χ0n) is 16.6. The molecule has 0 saturated carbocycles. The van der Waals surface area contributed by atoms with Gasteiger partial charge < -0.3 is 15.0 Å². The molecule has 1 aromatic heterocycles. The number of guanidine groups is 1. The smallest absolute Gasteiger partial charge is 0.193 e. The number of hydrogen-bond acceptors (Lipinski definition) is 3. The maximum Gasteiger partial charge on any atom is 0.193 e. The molecule has 1 N–H and O–H groups in total. The van der Waals surface area contributed by atoms with Crippen molar-refractivity contribution in [2.75, 3.05) is 26.7 Å². The number of hydrogen-bond donors (Lipinski definition) is 1. The normalized spacial score (nSPS) is 18.1. The van der Waals surface area contributed by atoms with Crippen LogP contribution in [0.5, 0.6) is 5.75 Å². The number of rotatable bonds is 5. The first-order valence-corrected chi connectivity index (χ1v) is 9.22. The van der Waals surface area contributed by atoms with E-state index in [-0.39, 0.29) is 30.1 Å². The summed E-state index contributed by atoms with van der Waals surface area (Å²) in [5.41, 5.74) is 2.51. The lowest BCUT2D eigenvalue weighted by Crippen LogP contribution is -2.43. The summed E-state index contributed by atoms with van der Waals surface area (Å²) >= 11 is 0. The second-order valence-corrected chi connectivity index (χ2v) is 7.05. The van der Waals surface area contributed by atoms with Gasteiger partial charge in [-0.05, 0) is 43.5 Å². The van der Waals surface area contributed by atoms with E-state index >= 15 is 0 Å². The van der Waals surface area contributed by atoms with Crippen LogP contribution in [0.3, 0.4) is 0 Å². The van der Waals surface area contributed by atoms with E-state index in [9.17, 15) is 0 Å². The van der Waals surface area contributed by atoms with Crippen molar-refractivity contribution in [1.29, 1.82) is 0 Å². The summed E-state index contributed by atoms with van der Waals surface area (Å²) in [5.74, 6) is 2.37. The van der Waals surface area contributed by atoms with Gasteiger partial charge in [-0.3, -0.25) is 9.67 Å². The number of nitrogens with one attached hydrogen (secondary N) is 1. The van der Waals surface area contributed by atoms with E-state index in [0.717, 1.165) is 31.2 Å². The summed E-state index contributed by atoms with van der Waals surface area (Å²) < 4.78 is 7.87. The van der Waals surface area contributed by atoms with Crippen molar-refractivity contribution in [1.82, 2.24) is 20.0 Å². The molecule has 2 unspecified atom stereocenters. The van der Waals surface area contributed by atoms with Gasteiger partial charge in [0.1, 0.15) is 11.9 Å². The molecular formula is C20H30IN5O. The molecule has 1 aromatic carbocycles. The average Bonchev–Trinajstić information content (AvgIpc) is 3.24. The molecular weight excluding hydrogens is 453 g/mol. The van der Waals surface area contributed by atoms with Gasteiger partial charge in [-0.2, -0.15) is 5.10 Å². The fraction of sp³-hybridized carbons (Fsp3) is 0.500. The minimum Gasteiger partial charge on any atom is -0.489 e. The number of nitrogens with zero attached hydrogens (tertiary/aromatic N) is 4. The predicted molar refractivity (Wildman–Crippen MR) is 120 cm³/mol. The molecule has 3 rings (SSSR count). The summed E-state index contributed by atoms with van der Waals surface area (Å²) in [6.45, 7) is 6.84. The zero-order valence-corrected chi connectivity index (χ0v) is 18.9. The van der Waals surface area contributed by atoms with Crippen LogP contribution in [0.4, 0.5) is 0 Å². The number of aryl methyl sites for hydroxylation is 2. The minimum atomic E-state index is 0. The Hall–Kier alpha value is -1.77. The van der Waals surface area contributed by atoms with Crippen LogP contribution in [0.15, 0.2) is 41.7 Å². The van der Waals surface area contributed by atoms with Crippen molar-refractivity contribution in [3.05, 3.63) is 47.8 Å². The Labute approximate surface area is 179 Å². The summed E-state index contributed by atoms with van der Waals surface area (Å²) in [4.78, 5) is 6.77. The minimum absolute atomic E-state index is 0. The van der Waals surface area contributed by atoms with Crippen LogP contribution in [-0.4, -0.2) is 53.4 Å². The molecule has 0 amide bonds. The highest BCUT2D eigenvalue weighted by molar-refractivity contribution is 14.0.